The summed E-state index contributed by atoms with van der Waals surface area (Å²) in [5.41, 5.74) is 1.35. The number of aryl methyl sites for hydroxylation is 1. The molecule has 0 fully saturated rings. The molecule has 66 valence electrons. The zero-order valence-electron chi connectivity index (χ0n) is 7.36. The van der Waals surface area contributed by atoms with E-state index in [0.717, 1.165) is 0 Å². The summed E-state index contributed by atoms with van der Waals surface area (Å²) < 4.78 is 13.9. The molecular formula is C9H11BrFN. The average Bonchev–Trinajstić information content (AvgIpc) is 2.00. The van der Waals surface area contributed by atoms with E-state index in [1.165, 1.54) is 0 Å². The lowest BCUT2D eigenvalue weighted by Crippen LogP contribution is -1.97. The normalized spacial score (nSPS) is 10.8. The molecule has 12 heavy (non-hydrogen) atoms. The lowest BCUT2D eigenvalue weighted by atomic mass is 10.1. The van der Waals surface area contributed by atoms with E-state index in [1.54, 1.807) is 13.1 Å². The van der Waals surface area contributed by atoms with E-state index < -0.39 is 0 Å². The maximum absolute atomic E-state index is 13.4. The minimum atomic E-state index is -0.183. The molecule has 1 aromatic rings. The molecule has 0 spiro atoms. The molecule has 0 bridgehead atoms. The average molecular weight is 232 g/mol. The van der Waals surface area contributed by atoms with Gasteiger partial charge in [-0.15, -0.1) is 0 Å². The van der Waals surface area contributed by atoms with Crippen LogP contribution in [0.1, 0.15) is 31.0 Å². The van der Waals surface area contributed by atoms with Crippen molar-refractivity contribution in [2.75, 3.05) is 0 Å². The van der Waals surface area contributed by atoms with Gasteiger partial charge in [0.05, 0.1) is 10.2 Å². The Kier molecular flexibility index (Phi) is 2.83. The van der Waals surface area contributed by atoms with Crippen LogP contribution in [-0.2, 0) is 0 Å². The van der Waals surface area contributed by atoms with Crippen LogP contribution < -0.4 is 0 Å². The summed E-state index contributed by atoms with van der Waals surface area (Å²) in [6, 6.07) is 0. The highest BCUT2D eigenvalue weighted by atomic mass is 79.9. The van der Waals surface area contributed by atoms with Crippen LogP contribution >= 0.6 is 15.9 Å². The molecule has 0 aliphatic rings. The molecule has 0 N–H and O–H groups in total. The first-order chi connectivity index (χ1) is 5.54. The number of rotatable bonds is 1. The van der Waals surface area contributed by atoms with Gasteiger partial charge in [-0.2, -0.15) is 0 Å². The monoisotopic (exact) mass is 231 g/mol. The Labute approximate surface area is 80.1 Å². The molecule has 0 unspecified atom stereocenters. The van der Waals surface area contributed by atoms with Gasteiger partial charge in [-0.3, -0.25) is 4.98 Å². The Hall–Kier alpha value is -0.440. The Balaban J connectivity index is 3.27. The highest BCUT2D eigenvalue weighted by molar-refractivity contribution is 9.10. The summed E-state index contributed by atoms with van der Waals surface area (Å²) in [5, 5.41) is 0. The van der Waals surface area contributed by atoms with Gasteiger partial charge in [0.1, 0.15) is 5.82 Å². The molecule has 1 rings (SSSR count). The van der Waals surface area contributed by atoms with Crippen LogP contribution in [-0.4, -0.2) is 4.98 Å². The van der Waals surface area contributed by atoms with Gasteiger partial charge in [-0.05, 0) is 28.8 Å². The fraction of sp³-hybridized carbons (Fsp3) is 0.444. The van der Waals surface area contributed by atoms with Crippen molar-refractivity contribution < 1.29 is 4.39 Å². The highest BCUT2D eigenvalue weighted by Crippen LogP contribution is 2.25. The molecule has 1 aromatic heterocycles. The number of hydrogen-bond donors (Lipinski definition) is 0. The molecule has 0 amide bonds. The second-order valence-corrected chi connectivity index (χ2v) is 3.87. The topological polar surface area (TPSA) is 12.9 Å². The van der Waals surface area contributed by atoms with Crippen molar-refractivity contribution in [3.05, 3.63) is 27.7 Å². The molecule has 0 atom stereocenters. The van der Waals surface area contributed by atoms with Crippen LogP contribution in [0.3, 0.4) is 0 Å². The Morgan fingerprint density at radius 3 is 2.58 bits per heavy atom. The zero-order chi connectivity index (χ0) is 9.30. The smallest absolute Gasteiger partial charge is 0.144 e. The maximum atomic E-state index is 13.4. The first-order valence-corrected chi connectivity index (χ1v) is 4.63. The van der Waals surface area contributed by atoms with E-state index in [4.69, 9.17) is 0 Å². The lowest BCUT2D eigenvalue weighted by molar-refractivity contribution is 0.586. The zero-order valence-corrected chi connectivity index (χ0v) is 8.94. The molecule has 0 aromatic carbocycles. The first-order valence-electron chi connectivity index (χ1n) is 3.84. The molecule has 0 saturated carbocycles. The third-order valence-corrected chi connectivity index (χ3v) is 2.71. The van der Waals surface area contributed by atoms with Gasteiger partial charge in [0.15, 0.2) is 0 Å². The predicted octanol–water partition coefficient (Wildman–Crippen LogP) is 3.42. The number of hydrogen-bond acceptors (Lipinski definition) is 1. The molecular weight excluding hydrogens is 221 g/mol. The summed E-state index contributed by atoms with van der Waals surface area (Å²) in [6.45, 7) is 5.67. The van der Waals surface area contributed by atoms with Gasteiger partial charge < -0.3 is 0 Å². The van der Waals surface area contributed by atoms with E-state index in [1.807, 2.05) is 13.8 Å². The van der Waals surface area contributed by atoms with Crippen LogP contribution in [0.4, 0.5) is 4.39 Å². The van der Waals surface area contributed by atoms with Crippen LogP contribution in [0.2, 0.25) is 0 Å². The van der Waals surface area contributed by atoms with Crippen molar-refractivity contribution in [2.24, 2.45) is 0 Å². The number of halogens is 2. The molecule has 0 saturated heterocycles. The van der Waals surface area contributed by atoms with Crippen molar-refractivity contribution in [3.8, 4) is 0 Å². The summed E-state index contributed by atoms with van der Waals surface area (Å²) in [4.78, 5) is 4.07. The van der Waals surface area contributed by atoms with Crippen molar-refractivity contribution in [1.82, 2.24) is 4.98 Å². The quantitative estimate of drug-likeness (QED) is 0.722. The van der Waals surface area contributed by atoms with Crippen LogP contribution in [0.15, 0.2) is 10.7 Å². The van der Waals surface area contributed by atoms with Gasteiger partial charge in [0, 0.05) is 11.8 Å². The third-order valence-electron chi connectivity index (χ3n) is 1.78. The van der Waals surface area contributed by atoms with Gasteiger partial charge in [0.2, 0.25) is 0 Å². The minimum Gasteiger partial charge on any atom is -0.260 e. The SMILES string of the molecule is Cc1ncc(C(C)C)c(F)c1Br. The van der Waals surface area contributed by atoms with Crippen LogP contribution in [0.5, 0.6) is 0 Å². The molecule has 3 heteroatoms. The van der Waals surface area contributed by atoms with Crippen LogP contribution in [0, 0.1) is 12.7 Å². The highest BCUT2D eigenvalue weighted by Gasteiger charge is 2.11. The summed E-state index contributed by atoms with van der Waals surface area (Å²) in [6.07, 6.45) is 1.60. The Morgan fingerprint density at radius 2 is 2.08 bits per heavy atom. The van der Waals surface area contributed by atoms with Crippen molar-refractivity contribution >= 4 is 15.9 Å². The fourth-order valence-electron chi connectivity index (χ4n) is 0.968. The maximum Gasteiger partial charge on any atom is 0.144 e. The predicted molar refractivity (Wildman–Crippen MR) is 50.7 cm³/mol. The Bertz CT molecular complexity index is 297. The molecule has 0 radical (unpaired) electrons. The van der Waals surface area contributed by atoms with E-state index in [0.29, 0.717) is 15.7 Å². The van der Waals surface area contributed by atoms with E-state index in [9.17, 15) is 4.39 Å². The fourth-order valence-corrected chi connectivity index (χ4v) is 1.30. The van der Waals surface area contributed by atoms with Gasteiger partial charge >= 0.3 is 0 Å². The van der Waals surface area contributed by atoms with Crippen molar-refractivity contribution in [1.29, 1.82) is 0 Å². The van der Waals surface area contributed by atoms with E-state index in [-0.39, 0.29) is 11.7 Å². The molecule has 1 nitrogen and oxygen atoms in total. The van der Waals surface area contributed by atoms with Crippen LogP contribution in [0.25, 0.3) is 0 Å². The van der Waals surface area contributed by atoms with E-state index in [2.05, 4.69) is 20.9 Å². The van der Waals surface area contributed by atoms with E-state index >= 15 is 0 Å². The second-order valence-electron chi connectivity index (χ2n) is 3.08. The number of pyridine rings is 1. The van der Waals surface area contributed by atoms with Crippen molar-refractivity contribution in [3.63, 3.8) is 0 Å². The van der Waals surface area contributed by atoms with Gasteiger partial charge in [-0.25, -0.2) is 4.39 Å². The second kappa shape index (κ2) is 3.52. The standard InChI is InChI=1S/C9H11BrFN/c1-5(2)7-4-12-6(3)8(10)9(7)11/h4-5H,1-3H3. The molecule has 0 aliphatic carbocycles. The number of aromatic nitrogens is 1. The van der Waals surface area contributed by atoms with Crippen molar-refractivity contribution in [2.45, 2.75) is 26.7 Å². The molecule has 0 aliphatic heterocycles. The van der Waals surface area contributed by atoms with Gasteiger partial charge in [0.25, 0.3) is 0 Å². The molecule has 1 heterocycles. The third kappa shape index (κ3) is 1.66. The van der Waals surface area contributed by atoms with Gasteiger partial charge in [-0.1, -0.05) is 13.8 Å². The minimum absolute atomic E-state index is 0.175. The first kappa shape index (κ1) is 9.65. The summed E-state index contributed by atoms with van der Waals surface area (Å²) in [7, 11) is 0. The lowest BCUT2D eigenvalue weighted by Gasteiger charge is -2.08. The number of nitrogens with zero attached hydrogens (tertiary/aromatic N) is 1. The summed E-state index contributed by atoms with van der Waals surface area (Å²) in [5.74, 6) is -0.00750. The Morgan fingerprint density at radius 1 is 1.50 bits per heavy atom. The largest absolute Gasteiger partial charge is 0.260 e. The summed E-state index contributed by atoms with van der Waals surface area (Å²) >= 11 is 3.16.